The Bertz CT molecular complexity index is 621. The third-order valence-corrected chi connectivity index (χ3v) is 5.27. The van der Waals surface area contributed by atoms with Crippen LogP contribution in [0.2, 0.25) is 5.02 Å². The Morgan fingerprint density at radius 1 is 1.47 bits per heavy atom. The van der Waals surface area contributed by atoms with Gasteiger partial charge >= 0.3 is 0 Å². The van der Waals surface area contributed by atoms with Gasteiger partial charge in [-0.2, -0.15) is 0 Å². The quantitative estimate of drug-likeness (QED) is 0.941. The summed E-state index contributed by atoms with van der Waals surface area (Å²) in [4.78, 5) is 0. The average molecular weight is 287 g/mol. The summed E-state index contributed by atoms with van der Waals surface area (Å²) in [5, 5.41) is 2.27. The number of hydrogen-bond donors (Lipinski definition) is 1. The van der Waals surface area contributed by atoms with Crippen LogP contribution in [0.1, 0.15) is 5.56 Å². The second-order valence-corrected chi connectivity index (χ2v) is 6.68. The standard InChI is InChI=1S/C11H9ClNO2S2/c1-8-7-9(4-5-10(8)12)13-17(14,15)11-3-2-6-16-11/h2-3,5-7,13H,1H3. The Morgan fingerprint density at radius 3 is 2.82 bits per heavy atom. The number of rotatable bonds is 3. The molecule has 17 heavy (non-hydrogen) atoms. The lowest BCUT2D eigenvalue weighted by atomic mass is 10.2. The zero-order valence-electron chi connectivity index (χ0n) is 8.90. The number of aryl methyl sites for hydroxylation is 1. The number of halogens is 1. The number of sulfonamides is 1. The maximum absolute atomic E-state index is 11.9. The van der Waals surface area contributed by atoms with Gasteiger partial charge in [0.15, 0.2) is 0 Å². The Balaban J connectivity index is 2.30. The molecule has 0 spiro atoms. The molecule has 0 amide bonds. The summed E-state index contributed by atoms with van der Waals surface area (Å²) in [5.41, 5.74) is 1.19. The van der Waals surface area contributed by atoms with Crippen molar-refractivity contribution in [1.82, 2.24) is 0 Å². The number of anilines is 1. The number of benzene rings is 1. The molecule has 0 aliphatic carbocycles. The SMILES string of the molecule is Cc1cc(NS(=O)(=O)c2cccs2)[c]cc1Cl. The van der Waals surface area contributed by atoms with E-state index in [-0.39, 0.29) is 4.21 Å². The van der Waals surface area contributed by atoms with Crippen LogP contribution >= 0.6 is 22.9 Å². The van der Waals surface area contributed by atoms with E-state index < -0.39 is 10.0 Å². The normalized spacial score (nSPS) is 11.4. The predicted octanol–water partition coefficient (Wildman–Crippen LogP) is 3.31. The van der Waals surface area contributed by atoms with E-state index in [1.165, 1.54) is 11.3 Å². The second-order valence-electron chi connectivity index (χ2n) is 3.42. The van der Waals surface area contributed by atoms with Crippen LogP contribution in [0.4, 0.5) is 5.69 Å². The summed E-state index contributed by atoms with van der Waals surface area (Å²) in [6.07, 6.45) is 0. The van der Waals surface area contributed by atoms with E-state index in [0.29, 0.717) is 10.7 Å². The van der Waals surface area contributed by atoms with Crippen molar-refractivity contribution in [2.24, 2.45) is 0 Å². The summed E-state index contributed by atoms with van der Waals surface area (Å²) in [5.74, 6) is 0. The molecular weight excluding hydrogens is 278 g/mol. The van der Waals surface area contributed by atoms with E-state index in [1.807, 2.05) is 0 Å². The van der Waals surface area contributed by atoms with Crippen molar-refractivity contribution >= 4 is 38.6 Å². The minimum absolute atomic E-state index is 0.276. The van der Waals surface area contributed by atoms with Crippen molar-refractivity contribution in [2.45, 2.75) is 11.1 Å². The molecule has 0 saturated carbocycles. The lowest BCUT2D eigenvalue weighted by molar-refractivity contribution is 0.603. The molecule has 2 rings (SSSR count). The zero-order valence-corrected chi connectivity index (χ0v) is 11.3. The molecule has 89 valence electrons. The minimum atomic E-state index is -3.51. The molecule has 1 N–H and O–H groups in total. The van der Waals surface area contributed by atoms with Gasteiger partial charge in [-0.15, -0.1) is 11.3 Å². The van der Waals surface area contributed by atoms with E-state index in [0.717, 1.165) is 5.56 Å². The Labute approximate surface area is 109 Å². The lowest BCUT2D eigenvalue weighted by Gasteiger charge is -2.07. The number of hydrogen-bond acceptors (Lipinski definition) is 3. The topological polar surface area (TPSA) is 46.2 Å². The van der Waals surface area contributed by atoms with Gasteiger partial charge in [-0.1, -0.05) is 17.7 Å². The summed E-state index contributed by atoms with van der Waals surface area (Å²) in [7, 11) is -3.51. The molecule has 0 atom stereocenters. The summed E-state index contributed by atoms with van der Waals surface area (Å²) < 4.78 is 26.5. The van der Waals surface area contributed by atoms with Gasteiger partial charge in [-0.3, -0.25) is 4.72 Å². The number of thiophene rings is 1. The molecule has 0 aliphatic rings. The smallest absolute Gasteiger partial charge is 0.271 e. The first-order valence-corrected chi connectivity index (χ1v) is 7.47. The second kappa shape index (κ2) is 4.68. The van der Waals surface area contributed by atoms with Crippen molar-refractivity contribution in [3.8, 4) is 0 Å². The van der Waals surface area contributed by atoms with Crippen molar-refractivity contribution in [3.05, 3.63) is 46.3 Å². The number of nitrogens with one attached hydrogen (secondary N) is 1. The van der Waals surface area contributed by atoms with Crippen LogP contribution < -0.4 is 4.72 Å². The average Bonchev–Trinajstić information content (AvgIpc) is 2.77. The van der Waals surface area contributed by atoms with E-state index in [9.17, 15) is 8.42 Å². The third-order valence-electron chi connectivity index (χ3n) is 2.10. The van der Waals surface area contributed by atoms with Crippen molar-refractivity contribution in [1.29, 1.82) is 0 Å². The van der Waals surface area contributed by atoms with Crippen LogP contribution in [0.15, 0.2) is 33.9 Å². The molecule has 3 nitrogen and oxygen atoms in total. The van der Waals surface area contributed by atoms with Gasteiger partial charge in [-0.25, -0.2) is 8.42 Å². The van der Waals surface area contributed by atoms with E-state index in [2.05, 4.69) is 10.8 Å². The molecule has 6 heteroatoms. The molecule has 0 aliphatic heterocycles. The first-order chi connectivity index (χ1) is 7.99. The van der Waals surface area contributed by atoms with Gasteiger partial charge in [0.25, 0.3) is 10.0 Å². The molecule has 0 fully saturated rings. The highest BCUT2D eigenvalue weighted by atomic mass is 35.5. The highest BCUT2D eigenvalue weighted by Gasteiger charge is 2.15. The van der Waals surface area contributed by atoms with Crippen LogP contribution in [0, 0.1) is 13.0 Å². The van der Waals surface area contributed by atoms with Gasteiger partial charge < -0.3 is 0 Å². The van der Waals surface area contributed by atoms with Gasteiger partial charge in [-0.05, 0) is 36.1 Å². The molecule has 0 bridgehead atoms. The molecule has 2 aromatic rings. The Morgan fingerprint density at radius 2 is 2.24 bits per heavy atom. The van der Waals surface area contributed by atoms with Gasteiger partial charge in [0.2, 0.25) is 0 Å². The molecule has 1 aromatic carbocycles. The molecule has 1 aromatic heterocycles. The minimum Gasteiger partial charge on any atom is -0.278 e. The molecule has 1 radical (unpaired) electrons. The molecule has 1 heterocycles. The van der Waals surface area contributed by atoms with E-state index in [1.54, 1.807) is 36.6 Å². The first kappa shape index (κ1) is 12.4. The zero-order chi connectivity index (χ0) is 12.5. The van der Waals surface area contributed by atoms with Crippen LogP contribution in [0.5, 0.6) is 0 Å². The van der Waals surface area contributed by atoms with Crippen molar-refractivity contribution < 1.29 is 8.42 Å². The monoisotopic (exact) mass is 286 g/mol. The van der Waals surface area contributed by atoms with Crippen molar-refractivity contribution in [3.63, 3.8) is 0 Å². The molecule has 0 unspecified atom stereocenters. The van der Waals surface area contributed by atoms with E-state index in [4.69, 9.17) is 11.6 Å². The fourth-order valence-corrected chi connectivity index (χ4v) is 3.37. The van der Waals surface area contributed by atoms with Gasteiger partial charge in [0, 0.05) is 11.1 Å². The van der Waals surface area contributed by atoms with Crippen molar-refractivity contribution in [2.75, 3.05) is 4.72 Å². The van der Waals surface area contributed by atoms with Crippen LogP contribution in [-0.2, 0) is 10.0 Å². The maximum atomic E-state index is 11.9. The fraction of sp³-hybridized carbons (Fsp3) is 0.0909. The summed E-state index contributed by atoms with van der Waals surface area (Å²) in [6.45, 7) is 1.80. The Kier molecular flexibility index (Phi) is 3.42. The predicted molar refractivity (Wildman–Crippen MR) is 70.2 cm³/mol. The lowest BCUT2D eigenvalue weighted by Crippen LogP contribution is -2.11. The largest absolute Gasteiger partial charge is 0.278 e. The van der Waals surface area contributed by atoms with Gasteiger partial charge in [0.1, 0.15) is 4.21 Å². The maximum Gasteiger partial charge on any atom is 0.271 e. The van der Waals surface area contributed by atoms with Crippen LogP contribution in [0.3, 0.4) is 0 Å². The van der Waals surface area contributed by atoms with E-state index >= 15 is 0 Å². The highest BCUT2D eigenvalue weighted by molar-refractivity contribution is 7.94. The summed E-state index contributed by atoms with van der Waals surface area (Å²) in [6, 6.07) is 9.21. The summed E-state index contributed by atoms with van der Waals surface area (Å²) >= 11 is 7.01. The van der Waals surface area contributed by atoms with Gasteiger partial charge in [0.05, 0.1) is 5.69 Å². The van der Waals surface area contributed by atoms with Crippen LogP contribution in [0.25, 0.3) is 0 Å². The third kappa shape index (κ3) is 2.80. The van der Waals surface area contributed by atoms with Crippen LogP contribution in [-0.4, -0.2) is 8.42 Å². The highest BCUT2D eigenvalue weighted by Crippen LogP contribution is 2.23. The molecular formula is C11H9ClNO2S2. The first-order valence-electron chi connectivity index (χ1n) is 4.73. The fourth-order valence-electron chi connectivity index (χ4n) is 1.25. The molecule has 0 saturated heterocycles. The Hall–Kier alpha value is -1.04.